The van der Waals surface area contributed by atoms with Crippen LogP contribution in [0.5, 0.6) is 5.75 Å². The molecule has 0 fully saturated rings. The van der Waals surface area contributed by atoms with Crippen LogP contribution in [0.25, 0.3) is 0 Å². The number of carbonyl (C=O) groups excluding carboxylic acids is 2. The Kier molecular flexibility index (Phi) is 5.23. The van der Waals surface area contributed by atoms with Crippen molar-refractivity contribution in [1.29, 1.82) is 0 Å². The van der Waals surface area contributed by atoms with Crippen LogP contribution in [0.15, 0.2) is 30.0 Å². The normalized spacial score (nSPS) is 11.0. The van der Waals surface area contributed by atoms with Gasteiger partial charge in [0.25, 0.3) is 11.6 Å². The third kappa shape index (κ3) is 3.81. The first-order valence-electron chi connectivity index (χ1n) is 6.27. The van der Waals surface area contributed by atoms with Crippen LogP contribution in [-0.2, 0) is 4.79 Å². The van der Waals surface area contributed by atoms with Crippen LogP contribution in [0.4, 0.5) is 5.69 Å². The first-order chi connectivity index (χ1) is 10.1. The molecule has 0 atom stereocenters. The van der Waals surface area contributed by atoms with E-state index in [0.29, 0.717) is 0 Å². The molecule has 0 radical (unpaired) electrons. The molecule has 8 heteroatoms. The topological polar surface area (TPSA) is 104 Å². The number of rotatable bonds is 5. The fourth-order valence-electron chi connectivity index (χ4n) is 1.66. The molecular weight excluding hydrogens is 290 g/mol. The molecule has 0 bridgehead atoms. The molecule has 1 N–H and O–H groups in total. The van der Waals surface area contributed by atoms with Crippen molar-refractivity contribution < 1.29 is 19.6 Å². The van der Waals surface area contributed by atoms with Crippen molar-refractivity contribution >= 4 is 17.4 Å². The zero-order valence-corrected chi connectivity index (χ0v) is 12.7. The summed E-state index contributed by atoms with van der Waals surface area (Å²) in [5.74, 6) is -1.50. The van der Waals surface area contributed by atoms with Crippen LogP contribution < -0.4 is 0 Å². The number of nitro groups is 1. The van der Waals surface area contributed by atoms with Crippen LogP contribution in [0.2, 0.25) is 0 Å². The van der Waals surface area contributed by atoms with Gasteiger partial charge in [0.05, 0.1) is 16.6 Å². The quantitative estimate of drug-likeness (QED) is 0.377. The maximum Gasteiger partial charge on any atom is 0.273 e. The molecule has 1 amide bonds. The molecule has 0 aliphatic rings. The molecule has 0 aliphatic heterocycles. The molecule has 1 rings (SSSR count). The van der Waals surface area contributed by atoms with E-state index in [1.54, 1.807) is 28.2 Å². The molecule has 8 nitrogen and oxygen atoms in total. The molecule has 0 heterocycles. The van der Waals surface area contributed by atoms with Gasteiger partial charge in [-0.25, -0.2) is 0 Å². The van der Waals surface area contributed by atoms with Crippen LogP contribution in [0.3, 0.4) is 0 Å². The number of nitro benzene ring substituents is 1. The Morgan fingerprint density at radius 1 is 1.18 bits per heavy atom. The predicted octanol–water partition coefficient (Wildman–Crippen LogP) is 1.02. The summed E-state index contributed by atoms with van der Waals surface area (Å²) in [6.07, 6.45) is 1.09. The Labute approximate surface area is 127 Å². The van der Waals surface area contributed by atoms with Gasteiger partial charge in [0.15, 0.2) is 5.78 Å². The minimum Gasteiger partial charge on any atom is -0.507 e. The Hall–Kier alpha value is -2.90. The number of amides is 1. The van der Waals surface area contributed by atoms with Crippen molar-refractivity contribution in [3.05, 3.63) is 45.6 Å². The largest absolute Gasteiger partial charge is 0.507 e. The number of non-ortho nitro benzene ring substituents is 1. The highest BCUT2D eigenvalue weighted by Crippen LogP contribution is 2.24. The van der Waals surface area contributed by atoms with Gasteiger partial charge in [0.2, 0.25) is 0 Å². The van der Waals surface area contributed by atoms with E-state index in [1.807, 2.05) is 0 Å². The van der Waals surface area contributed by atoms with E-state index in [9.17, 15) is 24.8 Å². The van der Waals surface area contributed by atoms with Gasteiger partial charge in [-0.2, -0.15) is 0 Å². The summed E-state index contributed by atoms with van der Waals surface area (Å²) in [6.45, 7) is 0. The number of phenolic OH excluding ortho intramolecular Hbond substituents is 1. The molecule has 0 unspecified atom stereocenters. The van der Waals surface area contributed by atoms with Gasteiger partial charge >= 0.3 is 0 Å². The van der Waals surface area contributed by atoms with Crippen molar-refractivity contribution in [2.24, 2.45) is 0 Å². The summed E-state index contributed by atoms with van der Waals surface area (Å²) < 4.78 is 0. The number of hydrogen-bond acceptors (Lipinski definition) is 6. The second kappa shape index (κ2) is 6.70. The highest BCUT2D eigenvalue weighted by molar-refractivity contribution is 6.10. The third-order valence-electron chi connectivity index (χ3n) is 2.83. The van der Waals surface area contributed by atoms with Crippen molar-refractivity contribution in [3.63, 3.8) is 0 Å². The zero-order valence-electron chi connectivity index (χ0n) is 12.7. The standard InChI is InChI=1S/C14H17N3O5/c1-15(2)11(14(20)16(3)4)8-13(19)10-6-5-9(17(21)22)7-12(10)18/h5-8,18H,1-4H3/b11-8-. The van der Waals surface area contributed by atoms with Gasteiger partial charge in [-0.3, -0.25) is 19.7 Å². The minimum absolute atomic E-state index is 0.114. The summed E-state index contributed by atoms with van der Waals surface area (Å²) in [5, 5.41) is 20.4. The molecule has 0 aromatic heterocycles. The molecule has 22 heavy (non-hydrogen) atoms. The summed E-state index contributed by atoms with van der Waals surface area (Å²) in [4.78, 5) is 36.9. The maximum absolute atomic E-state index is 12.2. The highest BCUT2D eigenvalue weighted by atomic mass is 16.6. The van der Waals surface area contributed by atoms with E-state index < -0.39 is 16.5 Å². The monoisotopic (exact) mass is 307 g/mol. The average molecular weight is 307 g/mol. The van der Waals surface area contributed by atoms with Crippen molar-refractivity contribution in [2.75, 3.05) is 28.2 Å². The van der Waals surface area contributed by atoms with Gasteiger partial charge in [-0.1, -0.05) is 0 Å². The fraction of sp³-hybridized carbons (Fsp3) is 0.286. The number of carbonyl (C=O) groups is 2. The van der Waals surface area contributed by atoms with Crippen LogP contribution in [0.1, 0.15) is 10.4 Å². The second-order valence-electron chi connectivity index (χ2n) is 4.95. The van der Waals surface area contributed by atoms with Crippen LogP contribution in [0, 0.1) is 10.1 Å². The van der Waals surface area contributed by atoms with Crippen LogP contribution in [-0.4, -0.2) is 59.7 Å². The first kappa shape index (κ1) is 17.2. The Morgan fingerprint density at radius 3 is 2.18 bits per heavy atom. The Morgan fingerprint density at radius 2 is 1.77 bits per heavy atom. The number of aromatic hydroxyl groups is 1. The van der Waals surface area contributed by atoms with Crippen molar-refractivity contribution in [2.45, 2.75) is 0 Å². The second-order valence-corrected chi connectivity index (χ2v) is 4.95. The zero-order chi connectivity index (χ0) is 17.0. The maximum atomic E-state index is 12.2. The lowest BCUT2D eigenvalue weighted by Gasteiger charge is -2.19. The minimum atomic E-state index is -0.676. The molecule has 118 valence electrons. The molecule has 1 aromatic carbocycles. The number of nitrogens with zero attached hydrogens (tertiary/aromatic N) is 3. The van der Waals surface area contributed by atoms with E-state index in [1.165, 1.54) is 9.80 Å². The van der Waals surface area contributed by atoms with Gasteiger partial charge in [0.1, 0.15) is 11.4 Å². The molecule has 0 saturated carbocycles. The predicted molar refractivity (Wildman–Crippen MR) is 79.6 cm³/mol. The van der Waals surface area contributed by atoms with Crippen molar-refractivity contribution in [3.8, 4) is 5.75 Å². The van der Waals surface area contributed by atoms with E-state index >= 15 is 0 Å². The Bertz CT molecular complexity index is 650. The fourth-order valence-corrected chi connectivity index (χ4v) is 1.66. The molecular formula is C14H17N3O5. The molecule has 1 aromatic rings. The molecule has 0 spiro atoms. The summed E-state index contributed by atoms with van der Waals surface area (Å²) in [5.41, 5.74) is -0.306. The summed E-state index contributed by atoms with van der Waals surface area (Å²) in [7, 11) is 6.31. The summed E-state index contributed by atoms with van der Waals surface area (Å²) in [6, 6.07) is 3.16. The molecule has 0 saturated heterocycles. The smallest absolute Gasteiger partial charge is 0.273 e. The number of benzene rings is 1. The highest BCUT2D eigenvalue weighted by Gasteiger charge is 2.19. The van der Waals surface area contributed by atoms with Crippen molar-refractivity contribution in [1.82, 2.24) is 9.80 Å². The van der Waals surface area contributed by atoms with Gasteiger partial charge in [0, 0.05) is 40.3 Å². The van der Waals surface area contributed by atoms with Gasteiger partial charge in [-0.05, 0) is 6.07 Å². The number of allylic oxidation sites excluding steroid dienone is 1. The van der Waals surface area contributed by atoms with Gasteiger partial charge in [-0.15, -0.1) is 0 Å². The van der Waals surface area contributed by atoms with E-state index in [4.69, 9.17) is 0 Å². The van der Waals surface area contributed by atoms with E-state index in [0.717, 1.165) is 24.3 Å². The van der Waals surface area contributed by atoms with Gasteiger partial charge < -0.3 is 14.9 Å². The lowest BCUT2D eigenvalue weighted by molar-refractivity contribution is -0.384. The summed E-state index contributed by atoms with van der Waals surface area (Å²) >= 11 is 0. The number of hydrogen-bond donors (Lipinski definition) is 1. The Balaban J connectivity index is 3.22. The average Bonchev–Trinajstić information content (AvgIpc) is 2.42. The van der Waals surface area contributed by atoms with E-state index in [2.05, 4.69) is 0 Å². The third-order valence-corrected chi connectivity index (χ3v) is 2.83. The SMILES string of the molecule is CN(C)C(=O)/C(=C/C(=O)c1ccc([N+](=O)[O-])cc1O)N(C)C. The van der Waals surface area contributed by atoms with E-state index in [-0.39, 0.29) is 22.9 Å². The number of phenols is 1. The number of likely N-dealkylation sites (N-methyl/N-ethyl adjacent to an activating group) is 2. The first-order valence-corrected chi connectivity index (χ1v) is 6.27. The number of ketones is 1. The molecule has 0 aliphatic carbocycles. The van der Waals surface area contributed by atoms with Crippen LogP contribution >= 0.6 is 0 Å². The lowest BCUT2D eigenvalue weighted by Crippen LogP contribution is -2.31. The lowest BCUT2D eigenvalue weighted by atomic mass is 10.1.